The molecule has 2 aromatic heterocycles. The first-order valence-electron chi connectivity index (χ1n) is 9.21. The number of imidazole rings is 1. The van der Waals surface area contributed by atoms with Crippen LogP contribution in [0.2, 0.25) is 5.15 Å². The van der Waals surface area contributed by atoms with Gasteiger partial charge in [-0.25, -0.2) is 19.7 Å². The SMILES string of the molecule is CCc1[nH]c(C(=O)N[C@H]2CCN(c3nccc(C(=O)OC)n3)C[C@H]2OC)nc1Cl. The molecule has 1 amide bonds. The number of ether oxygens (including phenoxy) is 2. The second kappa shape index (κ2) is 9.19. The van der Waals surface area contributed by atoms with Crippen LogP contribution in [-0.2, 0) is 15.9 Å². The van der Waals surface area contributed by atoms with Crippen LogP contribution >= 0.6 is 11.6 Å². The van der Waals surface area contributed by atoms with Gasteiger partial charge in [0.1, 0.15) is 0 Å². The van der Waals surface area contributed by atoms with Crippen LogP contribution in [0.25, 0.3) is 0 Å². The van der Waals surface area contributed by atoms with Crippen molar-refractivity contribution in [2.24, 2.45) is 0 Å². The van der Waals surface area contributed by atoms with Crippen molar-refractivity contribution in [1.29, 1.82) is 0 Å². The molecule has 0 saturated carbocycles. The Morgan fingerprint density at radius 3 is 2.83 bits per heavy atom. The number of aromatic nitrogens is 4. The molecule has 1 aliphatic rings. The molecule has 0 spiro atoms. The molecule has 1 aliphatic heterocycles. The maximum Gasteiger partial charge on any atom is 0.356 e. The molecule has 3 heterocycles. The summed E-state index contributed by atoms with van der Waals surface area (Å²) in [5.41, 5.74) is 0.904. The molecule has 2 atom stereocenters. The first-order valence-corrected chi connectivity index (χ1v) is 9.58. The third-order valence-electron chi connectivity index (χ3n) is 4.80. The average Bonchev–Trinajstić information content (AvgIpc) is 3.14. The second-order valence-electron chi connectivity index (χ2n) is 6.53. The fraction of sp³-hybridized carbons (Fsp3) is 0.500. The highest BCUT2D eigenvalue weighted by Crippen LogP contribution is 2.20. The van der Waals surface area contributed by atoms with Gasteiger partial charge in [0.05, 0.1) is 24.9 Å². The standard InChI is InChI=1S/C18H23ClN6O4/c1-4-10-14(19)24-15(21-10)16(26)22-11-6-8-25(9-13(11)28-2)18-20-7-5-12(23-18)17(27)29-3/h5,7,11,13H,4,6,8-9H2,1-3H3,(H,21,24)(H,22,26)/t11-,13+/m0/s1. The zero-order valence-electron chi connectivity index (χ0n) is 16.4. The predicted octanol–water partition coefficient (Wildman–Crippen LogP) is 1.23. The lowest BCUT2D eigenvalue weighted by molar-refractivity contribution is 0.0533. The topological polar surface area (TPSA) is 122 Å². The van der Waals surface area contributed by atoms with Gasteiger partial charge in [0.15, 0.2) is 16.7 Å². The van der Waals surface area contributed by atoms with E-state index in [0.29, 0.717) is 37.0 Å². The van der Waals surface area contributed by atoms with E-state index in [4.69, 9.17) is 21.1 Å². The summed E-state index contributed by atoms with van der Waals surface area (Å²) in [7, 11) is 2.88. The molecule has 10 nitrogen and oxygen atoms in total. The van der Waals surface area contributed by atoms with E-state index in [0.717, 1.165) is 5.69 Å². The van der Waals surface area contributed by atoms with Crippen molar-refractivity contribution in [1.82, 2.24) is 25.3 Å². The molecule has 1 fully saturated rings. The Labute approximate surface area is 173 Å². The van der Waals surface area contributed by atoms with Crippen molar-refractivity contribution < 1.29 is 19.1 Å². The van der Waals surface area contributed by atoms with E-state index in [2.05, 4.69) is 25.3 Å². The highest BCUT2D eigenvalue weighted by Gasteiger charge is 2.32. The maximum absolute atomic E-state index is 12.6. The number of nitrogens with zero attached hydrogens (tertiary/aromatic N) is 4. The zero-order chi connectivity index (χ0) is 21.0. The Hall–Kier alpha value is -2.72. The number of methoxy groups -OCH3 is 2. The maximum atomic E-state index is 12.6. The fourth-order valence-corrected chi connectivity index (χ4v) is 3.45. The first kappa shape index (κ1) is 21.0. The van der Waals surface area contributed by atoms with E-state index in [9.17, 15) is 9.59 Å². The number of H-pyrrole nitrogens is 1. The molecule has 0 unspecified atom stereocenters. The fourth-order valence-electron chi connectivity index (χ4n) is 3.19. The first-order chi connectivity index (χ1) is 14.0. The summed E-state index contributed by atoms with van der Waals surface area (Å²) in [6.07, 6.45) is 2.47. The normalized spacial score (nSPS) is 19.1. The molecule has 0 aromatic carbocycles. The summed E-state index contributed by atoms with van der Waals surface area (Å²) in [5, 5.41) is 3.26. The number of carbonyl (C=O) groups excluding carboxylic acids is 2. The van der Waals surface area contributed by atoms with Crippen LogP contribution < -0.4 is 10.2 Å². The number of amides is 1. The van der Waals surface area contributed by atoms with Crippen LogP contribution in [0.4, 0.5) is 5.95 Å². The van der Waals surface area contributed by atoms with Crippen LogP contribution in [0.5, 0.6) is 0 Å². The molecule has 0 radical (unpaired) electrons. The summed E-state index contributed by atoms with van der Waals surface area (Å²) in [4.78, 5) is 41.7. The molecule has 1 saturated heterocycles. The van der Waals surface area contributed by atoms with Crippen LogP contribution in [0.3, 0.4) is 0 Å². The van der Waals surface area contributed by atoms with E-state index >= 15 is 0 Å². The molecular formula is C18H23ClN6O4. The zero-order valence-corrected chi connectivity index (χ0v) is 17.2. The number of anilines is 1. The predicted molar refractivity (Wildman–Crippen MR) is 105 cm³/mol. The third-order valence-corrected chi connectivity index (χ3v) is 5.11. The van der Waals surface area contributed by atoms with Crippen LogP contribution in [0, 0.1) is 0 Å². The molecule has 11 heteroatoms. The van der Waals surface area contributed by atoms with Gasteiger partial charge < -0.3 is 24.7 Å². The van der Waals surface area contributed by atoms with Gasteiger partial charge >= 0.3 is 5.97 Å². The Morgan fingerprint density at radius 1 is 1.38 bits per heavy atom. The van der Waals surface area contributed by atoms with Gasteiger partial charge in [-0.15, -0.1) is 0 Å². The Balaban J connectivity index is 1.68. The van der Waals surface area contributed by atoms with Crippen molar-refractivity contribution in [2.75, 3.05) is 32.2 Å². The number of hydrogen-bond acceptors (Lipinski definition) is 8. The molecule has 2 aromatic rings. The Kier molecular flexibility index (Phi) is 6.65. The second-order valence-corrected chi connectivity index (χ2v) is 6.89. The molecule has 29 heavy (non-hydrogen) atoms. The lowest BCUT2D eigenvalue weighted by Gasteiger charge is -2.37. The Bertz CT molecular complexity index is 889. The van der Waals surface area contributed by atoms with E-state index in [1.807, 2.05) is 11.8 Å². The van der Waals surface area contributed by atoms with E-state index in [1.165, 1.54) is 19.4 Å². The largest absolute Gasteiger partial charge is 0.464 e. The van der Waals surface area contributed by atoms with Crippen molar-refractivity contribution in [2.45, 2.75) is 31.9 Å². The number of aryl methyl sites for hydroxylation is 1. The van der Waals surface area contributed by atoms with Crippen LogP contribution in [0.15, 0.2) is 12.3 Å². The molecule has 156 valence electrons. The van der Waals surface area contributed by atoms with Gasteiger partial charge in [-0.2, -0.15) is 0 Å². The van der Waals surface area contributed by atoms with Crippen molar-refractivity contribution >= 4 is 29.4 Å². The smallest absolute Gasteiger partial charge is 0.356 e. The van der Waals surface area contributed by atoms with Crippen molar-refractivity contribution in [3.8, 4) is 0 Å². The van der Waals surface area contributed by atoms with E-state index in [-0.39, 0.29) is 29.6 Å². The number of nitrogens with one attached hydrogen (secondary N) is 2. The highest BCUT2D eigenvalue weighted by molar-refractivity contribution is 6.30. The number of aromatic amines is 1. The number of carbonyl (C=O) groups is 2. The van der Waals surface area contributed by atoms with Gasteiger partial charge in [-0.1, -0.05) is 18.5 Å². The minimum atomic E-state index is -0.525. The quantitative estimate of drug-likeness (QED) is 0.666. The molecule has 2 N–H and O–H groups in total. The molecule has 3 rings (SSSR count). The number of piperidine rings is 1. The summed E-state index contributed by atoms with van der Waals surface area (Å²) in [6.45, 7) is 2.95. The van der Waals surface area contributed by atoms with Gasteiger partial charge in [-0.05, 0) is 18.9 Å². The number of hydrogen-bond donors (Lipinski definition) is 2. The minimum Gasteiger partial charge on any atom is -0.464 e. The molecule has 0 aliphatic carbocycles. The lowest BCUT2D eigenvalue weighted by atomic mass is 10.0. The number of halogens is 1. The summed E-state index contributed by atoms with van der Waals surface area (Å²) < 4.78 is 10.3. The lowest BCUT2D eigenvalue weighted by Crippen LogP contribution is -2.55. The van der Waals surface area contributed by atoms with E-state index < -0.39 is 5.97 Å². The van der Waals surface area contributed by atoms with Crippen molar-refractivity contribution in [3.05, 3.63) is 34.6 Å². The average molecular weight is 423 g/mol. The summed E-state index contributed by atoms with van der Waals surface area (Å²) in [6, 6.07) is 1.27. The van der Waals surface area contributed by atoms with Gasteiger partial charge in [0.25, 0.3) is 5.91 Å². The molecule has 0 bridgehead atoms. The highest BCUT2D eigenvalue weighted by atomic mass is 35.5. The number of rotatable bonds is 6. The Morgan fingerprint density at radius 2 is 2.17 bits per heavy atom. The third kappa shape index (κ3) is 4.65. The monoisotopic (exact) mass is 422 g/mol. The van der Waals surface area contributed by atoms with Gasteiger partial charge in [-0.3, -0.25) is 4.79 Å². The number of esters is 1. The van der Waals surface area contributed by atoms with E-state index in [1.54, 1.807) is 7.11 Å². The summed E-state index contributed by atoms with van der Waals surface area (Å²) in [5.74, 6) is -0.276. The van der Waals surface area contributed by atoms with Gasteiger partial charge in [0, 0.05) is 26.4 Å². The van der Waals surface area contributed by atoms with Crippen LogP contribution in [0.1, 0.15) is 40.1 Å². The molecular weight excluding hydrogens is 400 g/mol. The summed E-state index contributed by atoms with van der Waals surface area (Å²) >= 11 is 6.02. The van der Waals surface area contributed by atoms with Gasteiger partial charge in [0.2, 0.25) is 5.95 Å². The minimum absolute atomic E-state index is 0.179. The van der Waals surface area contributed by atoms with Crippen LogP contribution in [-0.4, -0.2) is 71.3 Å². The van der Waals surface area contributed by atoms with Crippen molar-refractivity contribution in [3.63, 3.8) is 0 Å².